The van der Waals surface area contributed by atoms with Gasteiger partial charge in [-0.1, -0.05) is 38.5 Å². The molecule has 1 unspecified atom stereocenters. The Kier molecular flexibility index (Phi) is 2.58. The molecule has 1 aromatic heterocycles. The van der Waals surface area contributed by atoms with E-state index in [0.717, 1.165) is 0 Å². The Labute approximate surface area is 85.1 Å². The van der Waals surface area contributed by atoms with Crippen LogP contribution < -0.4 is 0 Å². The van der Waals surface area contributed by atoms with Gasteiger partial charge in [0.25, 0.3) is 0 Å². The number of benzene rings is 1. The molecule has 14 heavy (non-hydrogen) atoms. The molecule has 1 aromatic carbocycles. The molecule has 0 aliphatic rings. The highest BCUT2D eigenvalue weighted by Gasteiger charge is 2.06. The van der Waals surface area contributed by atoms with Crippen LogP contribution in [0.3, 0.4) is 0 Å². The minimum absolute atomic E-state index is 0.647. The molecule has 0 saturated carbocycles. The lowest BCUT2D eigenvalue weighted by Crippen LogP contribution is -1.93. The van der Waals surface area contributed by atoms with Crippen LogP contribution in [0.5, 0.6) is 0 Å². The van der Waals surface area contributed by atoms with Gasteiger partial charge in [0.05, 0.1) is 0 Å². The SMILES string of the molecule is CCC(C)[CH]c1c[nH]c2ccccc12. The van der Waals surface area contributed by atoms with Crippen molar-refractivity contribution in [2.45, 2.75) is 20.3 Å². The Bertz CT molecular complexity index is 414. The van der Waals surface area contributed by atoms with Crippen LogP contribution >= 0.6 is 0 Å². The highest BCUT2D eigenvalue weighted by atomic mass is 14.7. The van der Waals surface area contributed by atoms with Crippen molar-refractivity contribution in [3.63, 3.8) is 0 Å². The minimum Gasteiger partial charge on any atom is -0.361 e. The first-order chi connectivity index (χ1) is 6.81. The van der Waals surface area contributed by atoms with Crippen molar-refractivity contribution in [2.75, 3.05) is 0 Å². The van der Waals surface area contributed by atoms with E-state index in [0.29, 0.717) is 5.92 Å². The second-order valence-corrected chi connectivity index (χ2v) is 3.84. The van der Waals surface area contributed by atoms with Crippen molar-refractivity contribution in [1.29, 1.82) is 0 Å². The molecule has 1 N–H and O–H groups in total. The van der Waals surface area contributed by atoms with Gasteiger partial charge in [0.15, 0.2) is 0 Å². The first-order valence-electron chi connectivity index (χ1n) is 5.22. The van der Waals surface area contributed by atoms with E-state index in [-0.39, 0.29) is 0 Å². The predicted octanol–water partition coefficient (Wildman–Crippen LogP) is 3.77. The number of para-hydroxylation sites is 1. The molecule has 1 heteroatoms. The summed E-state index contributed by atoms with van der Waals surface area (Å²) in [4.78, 5) is 3.29. The minimum atomic E-state index is 0.647. The quantitative estimate of drug-likeness (QED) is 0.751. The molecule has 2 aromatic rings. The highest BCUT2D eigenvalue weighted by molar-refractivity contribution is 5.84. The number of hydrogen-bond donors (Lipinski definition) is 1. The standard InChI is InChI=1S/C13H16N/c1-3-10(2)8-11-9-14-13-7-5-4-6-12(11)13/h4-10,14H,3H2,1-2H3. The summed E-state index contributed by atoms with van der Waals surface area (Å²) in [5.41, 5.74) is 2.55. The monoisotopic (exact) mass is 186 g/mol. The Balaban J connectivity index is 2.33. The topological polar surface area (TPSA) is 15.8 Å². The summed E-state index contributed by atoms with van der Waals surface area (Å²) in [5, 5.41) is 1.33. The zero-order valence-corrected chi connectivity index (χ0v) is 8.75. The van der Waals surface area contributed by atoms with E-state index >= 15 is 0 Å². The lowest BCUT2D eigenvalue weighted by molar-refractivity contribution is 0.660. The van der Waals surface area contributed by atoms with Gasteiger partial charge in [-0.3, -0.25) is 0 Å². The van der Waals surface area contributed by atoms with Gasteiger partial charge in [-0.25, -0.2) is 0 Å². The second-order valence-electron chi connectivity index (χ2n) is 3.84. The van der Waals surface area contributed by atoms with Crippen molar-refractivity contribution >= 4 is 10.9 Å². The normalized spacial score (nSPS) is 13.3. The third-order valence-electron chi connectivity index (χ3n) is 2.73. The van der Waals surface area contributed by atoms with Crippen molar-refractivity contribution in [3.05, 3.63) is 42.4 Å². The van der Waals surface area contributed by atoms with E-state index < -0.39 is 0 Å². The van der Waals surface area contributed by atoms with Crippen molar-refractivity contribution < 1.29 is 0 Å². The van der Waals surface area contributed by atoms with Crippen LogP contribution in [0.2, 0.25) is 0 Å². The molecule has 0 aliphatic carbocycles. The summed E-state index contributed by atoms with van der Waals surface area (Å²) in [5.74, 6) is 0.647. The van der Waals surface area contributed by atoms with E-state index in [1.54, 1.807) is 0 Å². The molecule has 1 nitrogen and oxygen atoms in total. The zero-order chi connectivity index (χ0) is 9.97. The molecule has 1 heterocycles. The van der Waals surface area contributed by atoms with Crippen molar-refractivity contribution in [3.8, 4) is 0 Å². The molecule has 1 radical (unpaired) electrons. The van der Waals surface area contributed by atoms with Gasteiger partial charge in [-0.15, -0.1) is 0 Å². The average molecular weight is 186 g/mol. The smallest absolute Gasteiger partial charge is 0.0456 e. The number of fused-ring (bicyclic) bond motifs is 1. The fourth-order valence-corrected chi connectivity index (χ4v) is 1.66. The fraction of sp³-hybridized carbons (Fsp3) is 0.308. The van der Waals surface area contributed by atoms with E-state index in [9.17, 15) is 0 Å². The Morgan fingerprint density at radius 3 is 2.93 bits per heavy atom. The maximum absolute atomic E-state index is 3.29. The van der Waals surface area contributed by atoms with Crippen LogP contribution in [0.15, 0.2) is 30.5 Å². The molecule has 1 atom stereocenters. The summed E-state index contributed by atoms with van der Waals surface area (Å²) in [7, 11) is 0. The Hall–Kier alpha value is -1.24. The van der Waals surface area contributed by atoms with Gasteiger partial charge in [0.1, 0.15) is 0 Å². The largest absolute Gasteiger partial charge is 0.361 e. The van der Waals surface area contributed by atoms with E-state index in [1.165, 1.54) is 22.9 Å². The summed E-state index contributed by atoms with van der Waals surface area (Å²) in [6.45, 7) is 4.47. The summed E-state index contributed by atoms with van der Waals surface area (Å²) in [6.07, 6.45) is 5.62. The first kappa shape index (κ1) is 9.32. The maximum Gasteiger partial charge on any atom is 0.0456 e. The van der Waals surface area contributed by atoms with Gasteiger partial charge in [-0.2, -0.15) is 0 Å². The molecule has 0 fully saturated rings. The lowest BCUT2D eigenvalue weighted by Gasteiger charge is -2.05. The van der Waals surface area contributed by atoms with Gasteiger partial charge < -0.3 is 4.98 Å². The molecule has 0 amide bonds. The van der Waals surface area contributed by atoms with Crippen molar-refractivity contribution in [2.24, 2.45) is 5.92 Å². The van der Waals surface area contributed by atoms with Gasteiger partial charge >= 0.3 is 0 Å². The Morgan fingerprint density at radius 2 is 2.14 bits per heavy atom. The number of rotatable bonds is 3. The molecular weight excluding hydrogens is 170 g/mol. The molecule has 73 valence electrons. The highest BCUT2D eigenvalue weighted by Crippen LogP contribution is 2.22. The number of nitrogens with one attached hydrogen (secondary N) is 1. The summed E-state index contributed by atoms with van der Waals surface area (Å²) < 4.78 is 0. The van der Waals surface area contributed by atoms with Crippen LogP contribution in [0, 0.1) is 12.3 Å². The number of hydrogen-bond acceptors (Lipinski definition) is 0. The predicted molar refractivity (Wildman–Crippen MR) is 61.2 cm³/mol. The molecule has 0 saturated heterocycles. The van der Waals surface area contributed by atoms with E-state index in [1.807, 2.05) is 0 Å². The van der Waals surface area contributed by atoms with Crippen LogP contribution in [0.4, 0.5) is 0 Å². The molecule has 0 spiro atoms. The van der Waals surface area contributed by atoms with Crippen LogP contribution in [-0.4, -0.2) is 4.98 Å². The third-order valence-corrected chi connectivity index (χ3v) is 2.73. The third kappa shape index (κ3) is 1.67. The van der Waals surface area contributed by atoms with Crippen LogP contribution in [-0.2, 0) is 0 Å². The second kappa shape index (κ2) is 3.87. The first-order valence-corrected chi connectivity index (χ1v) is 5.22. The van der Waals surface area contributed by atoms with Crippen LogP contribution in [0.1, 0.15) is 25.8 Å². The van der Waals surface area contributed by atoms with E-state index in [2.05, 4.69) is 55.7 Å². The summed E-state index contributed by atoms with van der Waals surface area (Å²) >= 11 is 0. The number of aromatic amines is 1. The Morgan fingerprint density at radius 1 is 1.36 bits per heavy atom. The summed E-state index contributed by atoms with van der Waals surface area (Å²) in [6, 6.07) is 8.43. The lowest BCUT2D eigenvalue weighted by atomic mass is 9.99. The van der Waals surface area contributed by atoms with Gasteiger partial charge in [-0.05, 0) is 24.0 Å². The van der Waals surface area contributed by atoms with Crippen molar-refractivity contribution in [1.82, 2.24) is 4.98 Å². The molecule has 0 aliphatic heterocycles. The van der Waals surface area contributed by atoms with Gasteiger partial charge in [0, 0.05) is 17.1 Å². The molecule has 2 rings (SSSR count). The zero-order valence-electron chi connectivity index (χ0n) is 8.75. The van der Waals surface area contributed by atoms with Crippen LogP contribution in [0.25, 0.3) is 10.9 Å². The molecular formula is C13H16N. The van der Waals surface area contributed by atoms with E-state index in [4.69, 9.17) is 0 Å². The average Bonchev–Trinajstić information content (AvgIpc) is 2.62. The number of H-pyrrole nitrogens is 1. The fourth-order valence-electron chi connectivity index (χ4n) is 1.66. The van der Waals surface area contributed by atoms with Gasteiger partial charge in [0.2, 0.25) is 0 Å². The maximum atomic E-state index is 3.29. The molecule has 0 bridgehead atoms. The number of aromatic nitrogens is 1.